The highest BCUT2D eigenvalue weighted by molar-refractivity contribution is 9.10. The van der Waals surface area contributed by atoms with Crippen molar-refractivity contribution in [2.45, 2.75) is 13.8 Å². The Labute approximate surface area is 135 Å². The van der Waals surface area contributed by atoms with Crippen LogP contribution in [0.2, 0.25) is 5.15 Å². The SMILES string of the molecule is Cc1ccc(F)cc1-c1nc(Cl)c2ccc(Br)c(C)c2n1. The summed E-state index contributed by atoms with van der Waals surface area (Å²) in [6.07, 6.45) is 0. The normalized spacial score (nSPS) is 11.1. The van der Waals surface area contributed by atoms with Gasteiger partial charge in [-0.25, -0.2) is 14.4 Å². The number of aryl methyl sites for hydroxylation is 2. The third-order valence-electron chi connectivity index (χ3n) is 3.45. The average Bonchev–Trinajstić information content (AvgIpc) is 2.45. The Balaban J connectivity index is 2.34. The van der Waals surface area contributed by atoms with Gasteiger partial charge in [0.25, 0.3) is 0 Å². The van der Waals surface area contributed by atoms with Crippen molar-refractivity contribution in [1.82, 2.24) is 9.97 Å². The Morgan fingerprint density at radius 1 is 1.10 bits per heavy atom. The van der Waals surface area contributed by atoms with E-state index in [2.05, 4.69) is 25.9 Å². The molecule has 0 fully saturated rings. The van der Waals surface area contributed by atoms with Crippen LogP contribution in [0.25, 0.3) is 22.3 Å². The molecule has 0 radical (unpaired) electrons. The fourth-order valence-electron chi connectivity index (χ4n) is 2.23. The summed E-state index contributed by atoms with van der Waals surface area (Å²) in [5.41, 5.74) is 3.30. The Bertz CT molecular complexity index is 865. The molecule has 21 heavy (non-hydrogen) atoms. The highest BCUT2D eigenvalue weighted by Crippen LogP contribution is 2.31. The van der Waals surface area contributed by atoms with Gasteiger partial charge in [-0.15, -0.1) is 0 Å². The van der Waals surface area contributed by atoms with Crippen LogP contribution >= 0.6 is 27.5 Å². The Morgan fingerprint density at radius 2 is 1.86 bits per heavy atom. The third-order valence-corrected chi connectivity index (χ3v) is 4.60. The predicted molar refractivity (Wildman–Crippen MR) is 87.1 cm³/mol. The molecule has 0 aliphatic heterocycles. The predicted octanol–water partition coefficient (Wildman–Crippen LogP) is 5.47. The van der Waals surface area contributed by atoms with E-state index in [9.17, 15) is 4.39 Å². The van der Waals surface area contributed by atoms with E-state index in [0.717, 1.165) is 26.5 Å². The van der Waals surface area contributed by atoms with Crippen LogP contribution in [0.4, 0.5) is 4.39 Å². The molecule has 106 valence electrons. The zero-order chi connectivity index (χ0) is 15.1. The molecule has 3 rings (SSSR count). The summed E-state index contributed by atoms with van der Waals surface area (Å²) in [6.45, 7) is 3.85. The molecule has 2 nitrogen and oxygen atoms in total. The van der Waals surface area contributed by atoms with Crippen molar-refractivity contribution in [1.29, 1.82) is 0 Å². The lowest BCUT2D eigenvalue weighted by molar-refractivity contribution is 0.628. The van der Waals surface area contributed by atoms with Gasteiger partial charge in [0.05, 0.1) is 5.52 Å². The van der Waals surface area contributed by atoms with Crippen LogP contribution in [0.1, 0.15) is 11.1 Å². The van der Waals surface area contributed by atoms with Crippen LogP contribution in [-0.2, 0) is 0 Å². The molecule has 2 aromatic carbocycles. The van der Waals surface area contributed by atoms with E-state index >= 15 is 0 Å². The first-order valence-electron chi connectivity index (χ1n) is 6.36. The number of benzene rings is 2. The van der Waals surface area contributed by atoms with Gasteiger partial charge in [-0.05, 0) is 49.2 Å². The molecule has 0 aliphatic carbocycles. The first-order chi connectivity index (χ1) is 9.97. The van der Waals surface area contributed by atoms with E-state index in [-0.39, 0.29) is 5.82 Å². The molecule has 5 heteroatoms. The summed E-state index contributed by atoms with van der Waals surface area (Å²) in [5, 5.41) is 1.16. The summed E-state index contributed by atoms with van der Waals surface area (Å²) in [7, 11) is 0. The molecule has 1 aromatic heterocycles. The third kappa shape index (κ3) is 2.54. The van der Waals surface area contributed by atoms with Gasteiger partial charge < -0.3 is 0 Å². The molecule has 0 amide bonds. The quantitative estimate of drug-likeness (QED) is 0.534. The molecule has 0 aliphatic rings. The summed E-state index contributed by atoms with van der Waals surface area (Å²) < 4.78 is 14.4. The van der Waals surface area contributed by atoms with Gasteiger partial charge in [0.15, 0.2) is 5.82 Å². The van der Waals surface area contributed by atoms with Crippen molar-refractivity contribution in [2.75, 3.05) is 0 Å². The lowest BCUT2D eigenvalue weighted by atomic mass is 10.1. The molecule has 0 atom stereocenters. The number of aromatic nitrogens is 2. The highest BCUT2D eigenvalue weighted by atomic mass is 79.9. The standard InChI is InChI=1S/C16H11BrClFN2/c1-8-3-4-10(19)7-12(8)16-20-14-9(2)13(17)6-5-11(14)15(18)21-16/h3-7H,1-2H3. The molecule has 0 bridgehead atoms. The van der Waals surface area contributed by atoms with Crippen molar-refractivity contribution in [3.63, 3.8) is 0 Å². The second kappa shape index (κ2) is 5.35. The summed E-state index contributed by atoms with van der Waals surface area (Å²) in [5.74, 6) is 0.118. The molecular formula is C16H11BrClFN2. The first kappa shape index (κ1) is 14.4. The Morgan fingerprint density at radius 3 is 2.62 bits per heavy atom. The highest BCUT2D eigenvalue weighted by Gasteiger charge is 2.13. The van der Waals surface area contributed by atoms with Crippen molar-refractivity contribution < 1.29 is 4.39 Å². The van der Waals surface area contributed by atoms with Gasteiger partial charge in [-0.1, -0.05) is 33.6 Å². The summed E-state index contributed by atoms with van der Waals surface area (Å²) in [6, 6.07) is 8.35. The van der Waals surface area contributed by atoms with Gasteiger partial charge in [-0.3, -0.25) is 0 Å². The van der Waals surface area contributed by atoms with Crippen LogP contribution in [0.5, 0.6) is 0 Å². The van der Waals surface area contributed by atoms with Gasteiger partial charge in [0.1, 0.15) is 11.0 Å². The molecule has 0 N–H and O–H groups in total. The maximum atomic E-state index is 13.5. The molecular weight excluding hydrogens is 355 g/mol. The summed E-state index contributed by atoms with van der Waals surface area (Å²) in [4.78, 5) is 8.89. The lowest BCUT2D eigenvalue weighted by Crippen LogP contribution is -1.96. The van der Waals surface area contributed by atoms with Crippen molar-refractivity contribution >= 4 is 38.4 Å². The van der Waals surface area contributed by atoms with Gasteiger partial charge in [0, 0.05) is 15.4 Å². The van der Waals surface area contributed by atoms with E-state index in [1.807, 2.05) is 26.0 Å². The summed E-state index contributed by atoms with van der Waals surface area (Å²) >= 11 is 9.75. The van der Waals surface area contributed by atoms with Crippen LogP contribution in [0, 0.1) is 19.7 Å². The van der Waals surface area contributed by atoms with E-state index in [1.165, 1.54) is 12.1 Å². The second-order valence-electron chi connectivity index (χ2n) is 4.87. The minimum atomic E-state index is -0.318. The zero-order valence-electron chi connectivity index (χ0n) is 11.4. The zero-order valence-corrected chi connectivity index (χ0v) is 13.8. The molecule has 3 aromatic rings. The number of rotatable bonds is 1. The number of hydrogen-bond acceptors (Lipinski definition) is 2. The van der Waals surface area contributed by atoms with Crippen LogP contribution in [0.15, 0.2) is 34.8 Å². The van der Waals surface area contributed by atoms with Crippen molar-refractivity contribution in [3.8, 4) is 11.4 Å². The molecule has 0 unspecified atom stereocenters. The maximum absolute atomic E-state index is 13.5. The minimum Gasteiger partial charge on any atom is -0.228 e. The van der Waals surface area contributed by atoms with Crippen LogP contribution in [0.3, 0.4) is 0 Å². The smallest absolute Gasteiger partial charge is 0.161 e. The average molecular weight is 366 g/mol. The van der Waals surface area contributed by atoms with E-state index in [0.29, 0.717) is 16.5 Å². The Kier molecular flexibility index (Phi) is 3.68. The van der Waals surface area contributed by atoms with Crippen LogP contribution in [-0.4, -0.2) is 9.97 Å². The number of halogens is 3. The molecule has 0 saturated carbocycles. The second-order valence-corrected chi connectivity index (χ2v) is 6.08. The lowest BCUT2D eigenvalue weighted by Gasteiger charge is -2.09. The van der Waals surface area contributed by atoms with E-state index in [4.69, 9.17) is 11.6 Å². The van der Waals surface area contributed by atoms with Crippen LogP contribution < -0.4 is 0 Å². The minimum absolute atomic E-state index is 0.318. The Hall–Kier alpha value is -1.52. The topological polar surface area (TPSA) is 25.8 Å². The largest absolute Gasteiger partial charge is 0.228 e. The number of hydrogen-bond donors (Lipinski definition) is 0. The molecule has 0 saturated heterocycles. The van der Waals surface area contributed by atoms with Gasteiger partial charge in [-0.2, -0.15) is 0 Å². The van der Waals surface area contributed by atoms with Crippen molar-refractivity contribution in [3.05, 3.63) is 56.9 Å². The van der Waals surface area contributed by atoms with Gasteiger partial charge >= 0.3 is 0 Å². The van der Waals surface area contributed by atoms with Crippen molar-refractivity contribution in [2.24, 2.45) is 0 Å². The number of nitrogens with zero attached hydrogens (tertiary/aromatic N) is 2. The van der Waals surface area contributed by atoms with E-state index < -0.39 is 0 Å². The van der Waals surface area contributed by atoms with Gasteiger partial charge in [0.2, 0.25) is 0 Å². The number of fused-ring (bicyclic) bond motifs is 1. The molecule has 0 spiro atoms. The fraction of sp³-hybridized carbons (Fsp3) is 0.125. The fourth-order valence-corrected chi connectivity index (χ4v) is 2.78. The maximum Gasteiger partial charge on any atom is 0.161 e. The monoisotopic (exact) mass is 364 g/mol. The van der Waals surface area contributed by atoms with E-state index in [1.54, 1.807) is 6.07 Å². The first-order valence-corrected chi connectivity index (χ1v) is 7.53. The molecule has 1 heterocycles.